The molecule has 0 unspecified atom stereocenters. The van der Waals surface area contributed by atoms with Crippen molar-refractivity contribution in [2.24, 2.45) is 17.9 Å². The van der Waals surface area contributed by atoms with Gasteiger partial charge in [0, 0.05) is 32.2 Å². The lowest BCUT2D eigenvalue weighted by molar-refractivity contribution is 0.318. The molecule has 0 aliphatic rings. The molecule has 0 radical (unpaired) electrons. The van der Waals surface area contributed by atoms with E-state index in [1.807, 2.05) is 42.7 Å². The van der Waals surface area contributed by atoms with Gasteiger partial charge in [0.25, 0.3) is 0 Å². The fourth-order valence-electron chi connectivity index (χ4n) is 1.92. The van der Waals surface area contributed by atoms with Crippen LogP contribution in [0.3, 0.4) is 0 Å². The van der Waals surface area contributed by atoms with Crippen LogP contribution in [0.25, 0.3) is 0 Å². The summed E-state index contributed by atoms with van der Waals surface area (Å²) in [7, 11) is 3.83. The first-order chi connectivity index (χ1) is 9.52. The van der Waals surface area contributed by atoms with E-state index in [2.05, 4.69) is 15.1 Å². The first-order valence-electron chi connectivity index (χ1n) is 6.15. The molecule has 0 aliphatic heterocycles. The number of anilines is 1. The number of rotatable bonds is 4. The molecule has 0 saturated carbocycles. The molecule has 0 aliphatic carbocycles. The molecule has 2 aromatic rings. The third-order valence-corrected chi connectivity index (χ3v) is 3.06. The van der Waals surface area contributed by atoms with E-state index in [-0.39, 0.29) is 5.84 Å². The summed E-state index contributed by atoms with van der Waals surface area (Å²) < 4.78 is 1.94. The molecule has 3 N–H and O–H groups in total. The van der Waals surface area contributed by atoms with Crippen LogP contribution in [0.5, 0.6) is 0 Å². The Balaban J connectivity index is 2.36. The van der Waals surface area contributed by atoms with E-state index in [1.54, 1.807) is 12.3 Å². The highest BCUT2D eigenvalue weighted by atomic mass is 16.4. The van der Waals surface area contributed by atoms with E-state index in [0.717, 1.165) is 11.5 Å². The van der Waals surface area contributed by atoms with Crippen LogP contribution in [0, 0.1) is 6.92 Å². The summed E-state index contributed by atoms with van der Waals surface area (Å²) in [4.78, 5) is 10.7. The van der Waals surface area contributed by atoms with Gasteiger partial charge in [0.2, 0.25) is 0 Å². The topological polar surface area (TPSA) is 92.6 Å². The van der Waals surface area contributed by atoms with E-state index in [9.17, 15) is 0 Å². The fourth-order valence-corrected chi connectivity index (χ4v) is 1.92. The maximum Gasteiger partial charge on any atom is 0.173 e. The monoisotopic (exact) mass is 274 g/mol. The molecule has 2 heterocycles. The standard InChI is InChI=1S/C13H18N6O/c1-9-4-5-10(12(14)17-20)13(16-9)19(3)8-11-15-6-7-18(11)2/h4-7,20H,8H2,1-3H3,(H2,14,17). The number of nitrogens with two attached hydrogens (primary N) is 1. The molecule has 2 rings (SSSR count). The van der Waals surface area contributed by atoms with Gasteiger partial charge in [-0.2, -0.15) is 0 Å². The third-order valence-electron chi connectivity index (χ3n) is 3.06. The highest BCUT2D eigenvalue weighted by molar-refractivity contribution is 6.01. The second-order valence-electron chi connectivity index (χ2n) is 4.62. The summed E-state index contributed by atoms with van der Waals surface area (Å²) in [5.74, 6) is 1.60. The van der Waals surface area contributed by atoms with Crippen molar-refractivity contribution < 1.29 is 5.21 Å². The fraction of sp³-hybridized carbons (Fsp3) is 0.308. The molecule has 0 fully saturated rings. The van der Waals surface area contributed by atoms with Crippen LogP contribution in [-0.2, 0) is 13.6 Å². The van der Waals surface area contributed by atoms with Crippen LogP contribution in [-0.4, -0.2) is 32.6 Å². The number of imidazole rings is 1. The van der Waals surface area contributed by atoms with Gasteiger partial charge in [-0.15, -0.1) is 0 Å². The quantitative estimate of drug-likeness (QED) is 0.373. The van der Waals surface area contributed by atoms with Gasteiger partial charge in [-0.3, -0.25) is 0 Å². The van der Waals surface area contributed by atoms with E-state index in [0.29, 0.717) is 17.9 Å². The maximum absolute atomic E-state index is 8.86. The van der Waals surface area contributed by atoms with Crippen molar-refractivity contribution in [3.8, 4) is 0 Å². The number of nitrogens with zero attached hydrogens (tertiary/aromatic N) is 5. The molecule has 0 amide bonds. The zero-order valence-electron chi connectivity index (χ0n) is 11.8. The molecular weight excluding hydrogens is 256 g/mol. The van der Waals surface area contributed by atoms with Crippen molar-refractivity contribution in [1.29, 1.82) is 0 Å². The largest absolute Gasteiger partial charge is 0.409 e. The molecule has 20 heavy (non-hydrogen) atoms. The van der Waals surface area contributed by atoms with Crippen molar-refractivity contribution in [3.05, 3.63) is 41.6 Å². The summed E-state index contributed by atoms with van der Waals surface area (Å²) in [5.41, 5.74) is 7.15. The molecule has 0 atom stereocenters. The number of oxime groups is 1. The van der Waals surface area contributed by atoms with Gasteiger partial charge >= 0.3 is 0 Å². The predicted octanol–water partition coefficient (Wildman–Crippen LogP) is 0.854. The van der Waals surface area contributed by atoms with E-state index in [1.165, 1.54) is 0 Å². The molecule has 7 nitrogen and oxygen atoms in total. The number of aryl methyl sites for hydroxylation is 2. The first-order valence-corrected chi connectivity index (χ1v) is 6.15. The van der Waals surface area contributed by atoms with Gasteiger partial charge in [0.15, 0.2) is 5.84 Å². The molecule has 0 aromatic carbocycles. The summed E-state index contributed by atoms with van der Waals surface area (Å²) in [6.45, 7) is 2.47. The first kappa shape index (κ1) is 13.9. The van der Waals surface area contributed by atoms with Crippen molar-refractivity contribution in [1.82, 2.24) is 14.5 Å². The van der Waals surface area contributed by atoms with E-state index < -0.39 is 0 Å². The highest BCUT2D eigenvalue weighted by Crippen LogP contribution is 2.18. The second-order valence-corrected chi connectivity index (χ2v) is 4.62. The summed E-state index contributed by atoms with van der Waals surface area (Å²) in [5, 5.41) is 11.9. The Morgan fingerprint density at radius 3 is 2.85 bits per heavy atom. The number of amidine groups is 1. The van der Waals surface area contributed by atoms with E-state index in [4.69, 9.17) is 10.9 Å². The molecule has 0 saturated heterocycles. The van der Waals surface area contributed by atoms with E-state index >= 15 is 0 Å². The van der Waals surface area contributed by atoms with Crippen LogP contribution in [0.4, 0.5) is 5.82 Å². The van der Waals surface area contributed by atoms with Crippen LogP contribution in [0.15, 0.2) is 29.7 Å². The zero-order chi connectivity index (χ0) is 14.7. The zero-order valence-corrected chi connectivity index (χ0v) is 11.8. The van der Waals surface area contributed by atoms with Gasteiger partial charge in [-0.05, 0) is 19.1 Å². The summed E-state index contributed by atoms with van der Waals surface area (Å²) >= 11 is 0. The third kappa shape index (κ3) is 2.71. The number of hydrogen-bond donors (Lipinski definition) is 2. The Morgan fingerprint density at radius 2 is 2.25 bits per heavy atom. The lowest BCUT2D eigenvalue weighted by Gasteiger charge is -2.21. The van der Waals surface area contributed by atoms with Crippen LogP contribution < -0.4 is 10.6 Å². The molecule has 0 spiro atoms. The minimum Gasteiger partial charge on any atom is -0.409 e. The maximum atomic E-state index is 8.86. The highest BCUT2D eigenvalue weighted by Gasteiger charge is 2.14. The van der Waals surface area contributed by atoms with Crippen LogP contribution >= 0.6 is 0 Å². The molecule has 0 bridgehead atoms. The number of aromatic nitrogens is 3. The van der Waals surface area contributed by atoms with Gasteiger partial charge in [-0.25, -0.2) is 9.97 Å². The Labute approximate surface area is 117 Å². The second kappa shape index (κ2) is 5.60. The Bertz CT molecular complexity index is 634. The average molecular weight is 274 g/mol. The predicted molar refractivity (Wildman–Crippen MR) is 76.8 cm³/mol. The van der Waals surface area contributed by atoms with Gasteiger partial charge in [0.1, 0.15) is 11.6 Å². The van der Waals surface area contributed by atoms with Crippen LogP contribution in [0.1, 0.15) is 17.1 Å². The number of pyridine rings is 1. The van der Waals surface area contributed by atoms with Crippen molar-refractivity contribution in [2.75, 3.05) is 11.9 Å². The van der Waals surface area contributed by atoms with Gasteiger partial charge in [0.05, 0.1) is 12.1 Å². The minimum atomic E-state index is 0.0409. The lowest BCUT2D eigenvalue weighted by Crippen LogP contribution is -2.25. The van der Waals surface area contributed by atoms with Crippen LogP contribution in [0.2, 0.25) is 0 Å². The molecule has 106 valence electrons. The Hall–Kier alpha value is -2.57. The normalized spacial score (nSPS) is 11.7. The van der Waals surface area contributed by atoms with Crippen molar-refractivity contribution in [3.63, 3.8) is 0 Å². The van der Waals surface area contributed by atoms with Crippen molar-refractivity contribution in [2.45, 2.75) is 13.5 Å². The summed E-state index contributed by atoms with van der Waals surface area (Å²) in [6.07, 6.45) is 3.63. The minimum absolute atomic E-state index is 0.0409. The molecule has 7 heteroatoms. The average Bonchev–Trinajstić information content (AvgIpc) is 2.83. The lowest BCUT2D eigenvalue weighted by atomic mass is 10.2. The van der Waals surface area contributed by atoms with Crippen molar-refractivity contribution >= 4 is 11.7 Å². The smallest absolute Gasteiger partial charge is 0.173 e. The Morgan fingerprint density at radius 1 is 1.50 bits per heavy atom. The SMILES string of the molecule is Cc1ccc(C(N)=NO)c(N(C)Cc2nccn2C)n1. The number of hydrogen-bond acceptors (Lipinski definition) is 5. The summed E-state index contributed by atoms with van der Waals surface area (Å²) in [6, 6.07) is 3.62. The Kier molecular flexibility index (Phi) is 3.88. The molecular formula is C13H18N6O. The van der Waals surface area contributed by atoms with Gasteiger partial charge in [-0.1, -0.05) is 5.16 Å². The van der Waals surface area contributed by atoms with Gasteiger partial charge < -0.3 is 20.4 Å². The molecule has 2 aromatic heterocycles.